The molecule has 0 aromatic heterocycles. The van der Waals surface area contributed by atoms with Gasteiger partial charge in [-0.2, -0.15) is 0 Å². The van der Waals surface area contributed by atoms with Gasteiger partial charge in [0.15, 0.2) is 0 Å². The van der Waals surface area contributed by atoms with Gasteiger partial charge in [-0.15, -0.1) is 0 Å². The standard InChI is InChI=1S/C21H39NO2/c1-2-3-4-5-6-7-8-9-10-11-12-13-14-15-16-17-18-21(24)22-19-20-23/h7-8,10-11,23H,2-6,9,12-20H2,1H3,(H,22,24)/b8-7-,11-10-. The molecule has 0 fully saturated rings. The van der Waals surface area contributed by atoms with Crippen molar-refractivity contribution >= 4 is 5.91 Å². The molecule has 0 rings (SSSR count). The lowest BCUT2D eigenvalue weighted by Gasteiger charge is -2.03. The van der Waals surface area contributed by atoms with Crippen molar-refractivity contribution in [2.45, 2.75) is 90.4 Å². The zero-order valence-electron chi connectivity index (χ0n) is 15.8. The van der Waals surface area contributed by atoms with E-state index in [1.165, 1.54) is 57.8 Å². The molecule has 0 spiro atoms. The summed E-state index contributed by atoms with van der Waals surface area (Å²) >= 11 is 0. The molecule has 0 bridgehead atoms. The van der Waals surface area contributed by atoms with Crippen molar-refractivity contribution in [3.8, 4) is 0 Å². The molecule has 0 atom stereocenters. The molecule has 0 unspecified atom stereocenters. The first-order valence-electron chi connectivity index (χ1n) is 9.98. The Kier molecular flexibility index (Phi) is 19.0. The summed E-state index contributed by atoms with van der Waals surface area (Å²) in [6.07, 6.45) is 24.4. The number of aliphatic hydroxyl groups excluding tert-OH is 1. The van der Waals surface area contributed by atoms with Crippen LogP contribution in [0.4, 0.5) is 0 Å². The largest absolute Gasteiger partial charge is 0.395 e. The topological polar surface area (TPSA) is 49.3 Å². The Morgan fingerprint density at radius 3 is 2.04 bits per heavy atom. The van der Waals surface area contributed by atoms with E-state index in [0.29, 0.717) is 13.0 Å². The summed E-state index contributed by atoms with van der Waals surface area (Å²) in [4.78, 5) is 11.3. The second-order valence-electron chi connectivity index (χ2n) is 6.41. The van der Waals surface area contributed by atoms with E-state index in [2.05, 4.69) is 36.5 Å². The number of carbonyl (C=O) groups excluding carboxylic acids is 1. The van der Waals surface area contributed by atoms with E-state index in [-0.39, 0.29) is 12.5 Å². The van der Waals surface area contributed by atoms with Gasteiger partial charge in [-0.25, -0.2) is 0 Å². The number of allylic oxidation sites excluding steroid dienone is 4. The number of hydrogen-bond acceptors (Lipinski definition) is 2. The Morgan fingerprint density at radius 2 is 1.42 bits per heavy atom. The Hall–Kier alpha value is -1.09. The van der Waals surface area contributed by atoms with Gasteiger partial charge in [-0.1, -0.05) is 69.8 Å². The normalized spacial score (nSPS) is 11.6. The molecule has 0 aliphatic rings. The quantitative estimate of drug-likeness (QED) is 0.279. The van der Waals surface area contributed by atoms with Crippen molar-refractivity contribution in [2.75, 3.05) is 13.2 Å². The van der Waals surface area contributed by atoms with Crippen LogP contribution < -0.4 is 5.32 Å². The van der Waals surface area contributed by atoms with Crippen LogP contribution in [0.2, 0.25) is 0 Å². The van der Waals surface area contributed by atoms with Gasteiger partial charge in [0.2, 0.25) is 5.91 Å². The van der Waals surface area contributed by atoms with Crippen molar-refractivity contribution in [3.05, 3.63) is 24.3 Å². The molecule has 0 aliphatic heterocycles. The summed E-state index contributed by atoms with van der Waals surface area (Å²) in [5, 5.41) is 11.3. The lowest BCUT2D eigenvalue weighted by molar-refractivity contribution is -0.121. The third-order valence-electron chi connectivity index (χ3n) is 4.04. The van der Waals surface area contributed by atoms with Crippen molar-refractivity contribution in [1.82, 2.24) is 5.32 Å². The van der Waals surface area contributed by atoms with E-state index >= 15 is 0 Å². The number of hydrogen-bond donors (Lipinski definition) is 2. The van der Waals surface area contributed by atoms with Gasteiger partial charge in [-0.05, 0) is 38.5 Å². The summed E-state index contributed by atoms with van der Waals surface area (Å²) in [5.41, 5.74) is 0. The highest BCUT2D eigenvalue weighted by atomic mass is 16.3. The number of rotatable bonds is 17. The van der Waals surface area contributed by atoms with Gasteiger partial charge in [0, 0.05) is 13.0 Å². The Labute approximate surface area is 149 Å². The summed E-state index contributed by atoms with van der Waals surface area (Å²) in [5.74, 6) is 0.0606. The SMILES string of the molecule is CCCCCC/C=C\C/C=C\CCCCCCCC(=O)NCCO. The van der Waals surface area contributed by atoms with E-state index in [1.54, 1.807) is 0 Å². The predicted octanol–water partition coefficient (Wildman–Crippen LogP) is 5.30. The highest BCUT2D eigenvalue weighted by Gasteiger charge is 1.99. The van der Waals surface area contributed by atoms with Gasteiger partial charge in [0.05, 0.1) is 6.61 Å². The first kappa shape index (κ1) is 22.9. The maximum atomic E-state index is 11.3. The number of aliphatic hydroxyl groups is 1. The second-order valence-corrected chi connectivity index (χ2v) is 6.41. The smallest absolute Gasteiger partial charge is 0.220 e. The van der Waals surface area contributed by atoms with Crippen LogP contribution in [0.1, 0.15) is 90.4 Å². The monoisotopic (exact) mass is 337 g/mol. The average Bonchev–Trinajstić information content (AvgIpc) is 2.59. The third kappa shape index (κ3) is 19.0. The van der Waals surface area contributed by atoms with E-state index in [9.17, 15) is 4.79 Å². The van der Waals surface area contributed by atoms with Crippen LogP contribution in [-0.2, 0) is 4.79 Å². The minimum Gasteiger partial charge on any atom is -0.395 e. The first-order chi connectivity index (χ1) is 11.8. The highest BCUT2D eigenvalue weighted by molar-refractivity contribution is 5.75. The van der Waals surface area contributed by atoms with Crippen molar-refractivity contribution in [3.63, 3.8) is 0 Å². The highest BCUT2D eigenvalue weighted by Crippen LogP contribution is 2.08. The van der Waals surface area contributed by atoms with Gasteiger partial charge in [0.25, 0.3) is 0 Å². The van der Waals surface area contributed by atoms with E-state index < -0.39 is 0 Å². The lowest BCUT2D eigenvalue weighted by Crippen LogP contribution is -2.25. The van der Waals surface area contributed by atoms with Crippen molar-refractivity contribution in [2.24, 2.45) is 0 Å². The predicted molar refractivity (Wildman–Crippen MR) is 104 cm³/mol. The van der Waals surface area contributed by atoms with Crippen LogP contribution in [0.3, 0.4) is 0 Å². The van der Waals surface area contributed by atoms with Gasteiger partial charge in [0.1, 0.15) is 0 Å². The molecule has 0 aromatic rings. The number of unbranched alkanes of at least 4 members (excludes halogenated alkanes) is 9. The maximum Gasteiger partial charge on any atom is 0.220 e. The molecule has 0 radical (unpaired) electrons. The molecule has 3 nitrogen and oxygen atoms in total. The lowest BCUT2D eigenvalue weighted by atomic mass is 10.1. The molecule has 140 valence electrons. The molecule has 0 saturated heterocycles. The zero-order valence-corrected chi connectivity index (χ0v) is 15.8. The van der Waals surface area contributed by atoms with Crippen LogP contribution in [0.5, 0.6) is 0 Å². The molecule has 1 amide bonds. The summed E-state index contributed by atoms with van der Waals surface area (Å²) in [6, 6.07) is 0. The number of nitrogens with one attached hydrogen (secondary N) is 1. The van der Waals surface area contributed by atoms with E-state index in [1.807, 2.05) is 0 Å². The van der Waals surface area contributed by atoms with Crippen molar-refractivity contribution < 1.29 is 9.90 Å². The second kappa shape index (κ2) is 20.0. The van der Waals surface area contributed by atoms with Crippen LogP contribution >= 0.6 is 0 Å². The van der Waals surface area contributed by atoms with Crippen molar-refractivity contribution in [1.29, 1.82) is 0 Å². The average molecular weight is 338 g/mol. The fourth-order valence-electron chi connectivity index (χ4n) is 2.56. The Morgan fingerprint density at radius 1 is 0.833 bits per heavy atom. The fraction of sp³-hybridized carbons (Fsp3) is 0.762. The van der Waals surface area contributed by atoms with Gasteiger partial charge >= 0.3 is 0 Å². The van der Waals surface area contributed by atoms with E-state index in [0.717, 1.165) is 19.3 Å². The Balaban J connectivity index is 3.23. The minimum atomic E-state index is 0.0218. The number of carbonyl (C=O) groups is 1. The minimum absolute atomic E-state index is 0.0218. The molecule has 0 saturated carbocycles. The van der Waals surface area contributed by atoms with Crippen LogP contribution in [0, 0.1) is 0 Å². The third-order valence-corrected chi connectivity index (χ3v) is 4.04. The zero-order chi connectivity index (χ0) is 17.7. The van der Waals surface area contributed by atoms with Gasteiger partial charge in [-0.3, -0.25) is 4.79 Å². The Bertz CT molecular complexity index is 324. The van der Waals surface area contributed by atoms with Crippen LogP contribution in [0.25, 0.3) is 0 Å². The molecule has 0 aromatic carbocycles. The molecule has 24 heavy (non-hydrogen) atoms. The molecule has 0 aliphatic carbocycles. The van der Waals surface area contributed by atoms with Gasteiger partial charge < -0.3 is 10.4 Å². The molecule has 3 heteroatoms. The molecule has 0 heterocycles. The van der Waals surface area contributed by atoms with Crippen LogP contribution in [0.15, 0.2) is 24.3 Å². The summed E-state index contributed by atoms with van der Waals surface area (Å²) < 4.78 is 0. The number of amides is 1. The molecular formula is C21H39NO2. The maximum absolute atomic E-state index is 11.3. The fourth-order valence-corrected chi connectivity index (χ4v) is 2.56. The summed E-state index contributed by atoms with van der Waals surface area (Å²) in [6.45, 7) is 2.65. The summed E-state index contributed by atoms with van der Waals surface area (Å²) in [7, 11) is 0. The first-order valence-corrected chi connectivity index (χ1v) is 9.98. The molecular weight excluding hydrogens is 298 g/mol. The molecule has 2 N–H and O–H groups in total. The van der Waals surface area contributed by atoms with Crippen LogP contribution in [-0.4, -0.2) is 24.2 Å². The van der Waals surface area contributed by atoms with E-state index in [4.69, 9.17) is 5.11 Å².